The molecule has 0 bridgehead atoms. The van der Waals surface area contributed by atoms with Crippen molar-refractivity contribution in [2.24, 2.45) is 0 Å². The average molecular weight is 499 g/mol. The van der Waals surface area contributed by atoms with Gasteiger partial charge in [0, 0.05) is 17.7 Å². The van der Waals surface area contributed by atoms with Gasteiger partial charge in [-0.25, -0.2) is 0 Å². The largest absolute Gasteiger partial charge is 0.507 e. The predicted molar refractivity (Wildman–Crippen MR) is 119 cm³/mol. The molecule has 0 radical (unpaired) electrons. The molecular formula is C22H23ClO11. The second kappa shape index (κ2) is 10.1. The van der Waals surface area contributed by atoms with Crippen molar-refractivity contribution in [3.8, 4) is 45.6 Å². The summed E-state index contributed by atoms with van der Waals surface area (Å²) in [5.41, 5.74) is -0.0498. The van der Waals surface area contributed by atoms with Crippen LogP contribution < -0.4 is 14.9 Å². The Hall–Kier alpha value is -3.06. The summed E-state index contributed by atoms with van der Waals surface area (Å²) < 4.78 is 22.1. The van der Waals surface area contributed by atoms with E-state index in [9.17, 15) is 35.4 Å². The van der Waals surface area contributed by atoms with Gasteiger partial charge in [0.15, 0.2) is 28.4 Å². The Morgan fingerprint density at radius 3 is 2.35 bits per heavy atom. The molecule has 4 rings (SSSR count). The van der Waals surface area contributed by atoms with Gasteiger partial charge >= 0.3 is 0 Å². The van der Waals surface area contributed by atoms with Crippen LogP contribution in [-0.4, -0.2) is 75.1 Å². The molecule has 12 heteroatoms. The Morgan fingerprint density at radius 1 is 0.941 bits per heavy atom. The minimum absolute atomic E-state index is 0. The van der Waals surface area contributed by atoms with E-state index in [2.05, 4.69) is 0 Å². The third-order valence-corrected chi connectivity index (χ3v) is 5.34. The lowest BCUT2D eigenvalue weighted by atomic mass is 9.99. The summed E-state index contributed by atoms with van der Waals surface area (Å²) in [7, 11) is 1.35. The maximum absolute atomic E-state index is 11.8. The fraction of sp³-hybridized carbons (Fsp3) is 0.318. The van der Waals surface area contributed by atoms with Crippen molar-refractivity contribution in [1.29, 1.82) is 0 Å². The standard InChI is InChI=1S/C22H22O11.ClH/c1-30-15-4-9(2-3-12(15)25)21-16(7-11-13(26)5-10(24)6-14(11)31-21)32-22-20(29)19(28)18(27)17(8-23)33-22;/h2-7,17-20,22-23,25-29H,8H2,1H3;1H/t17-,18+,19+,20-,22-;/m1./s1. The molecule has 184 valence electrons. The Kier molecular flexibility index (Phi) is 7.56. The Bertz CT molecular complexity index is 1180. The van der Waals surface area contributed by atoms with E-state index in [1.165, 1.54) is 31.4 Å². The van der Waals surface area contributed by atoms with Crippen molar-refractivity contribution in [3.05, 3.63) is 46.6 Å². The molecule has 34 heavy (non-hydrogen) atoms. The van der Waals surface area contributed by atoms with Gasteiger partial charge in [0.2, 0.25) is 6.29 Å². The topological polar surface area (TPSA) is 179 Å². The maximum atomic E-state index is 11.8. The molecule has 0 amide bonds. The second-order valence-electron chi connectivity index (χ2n) is 7.50. The molecule has 1 aliphatic carbocycles. The van der Waals surface area contributed by atoms with E-state index in [1.807, 2.05) is 0 Å². The van der Waals surface area contributed by atoms with Crippen LogP contribution in [0.2, 0.25) is 0 Å². The van der Waals surface area contributed by atoms with Crippen LogP contribution in [0.5, 0.6) is 23.0 Å². The normalized spacial score (nSPS) is 24.4. The smallest absolute Gasteiger partial charge is 0.229 e. The van der Waals surface area contributed by atoms with Crippen molar-refractivity contribution in [2.45, 2.75) is 30.7 Å². The van der Waals surface area contributed by atoms with Crippen LogP contribution in [0.1, 0.15) is 0 Å². The highest BCUT2D eigenvalue weighted by Crippen LogP contribution is 2.43. The highest BCUT2D eigenvalue weighted by molar-refractivity contribution is 5.85. The summed E-state index contributed by atoms with van der Waals surface area (Å²) >= 11 is 0. The summed E-state index contributed by atoms with van der Waals surface area (Å²) in [5, 5.41) is 60.0. The lowest BCUT2D eigenvalue weighted by Gasteiger charge is -2.39. The predicted octanol–water partition coefficient (Wildman–Crippen LogP) is 0.432. The summed E-state index contributed by atoms with van der Waals surface area (Å²) in [5.74, 6) is -0.436. The Morgan fingerprint density at radius 2 is 1.68 bits per heavy atom. The lowest BCUT2D eigenvalue weighted by Crippen LogP contribution is -2.60. The number of aliphatic hydroxyl groups excluding tert-OH is 4. The van der Waals surface area contributed by atoms with Gasteiger partial charge in [-0.3, -0.25) is 4.79 Å². The van der Waals surface area contributed by atoms with Crippen molar-refractivity contribution >= 4 is 12.4 Å². The van der Waals surface area contributed by atoms with Crippen LogP contribution in [0.4, 0.5) is 0 Å². The first-order valence-corrected chi connectivity index (χ1v) is 9.89. The van der Waals surface area contributed by atoms with Gasteiger partial charge in [0.1, 0.15) is 35.9 Å². The number of phenols is 2. The number of aromatic hydroxyl groups is 2. The Balaban J connectivity index is 0.00000324. The SMILES string of the molecule is COc1cc(-c2oc3cc(=O)cc(O)c-3cc2O[C@@H]2O[C@H](CO)[C@H](O)[C@H](O)[C@H]2O)ccc1O.Cl. The molecule has 1 aromatic rings. The third-order valence-electron chi connectivity index (χ3n) is 5.34. The van der Waals surface area contributed by atoms with Crippen molar-refractivity contribution in [2.75, 3.05) is 13.7 Å². The van der Waals surface area contributed by atoms with E-state index in [0.717, 1.165) is 12.1 Å². The third kappa shape index (κ3) is 4.62. The minimum Gasteiger partial charge on any atom is -0.507 e. The van der Waals surface area contributed by atoms with Crippen molar-refractivity contribution in [3.63, 3.8) is 0 Å². The molecule has 1 fully saturated rings. The van der Waals surface area contributed by atoms with Crippen molar-refractivity contribution in [1.82, 2.24) is 0 Å². The van der Waals surface area contributed by atoms with Crippen molar-refractivity contribution < 1.29 is 49.3 Å². The van der Waals surface area contributed by atoms with Gasteiger partial charge in [-0.15, -0.1) is 12.4 Å². The van der Waals surface area contributed by atoms with Crippen LogP contribution >= 0.6 is 12.4 Å². The molecule has 1 aromatic carbocycles. The summed E-state index contributed by atoms with van der Waals surface area (Å²) in [4.78, 5) is 11.8. The first-order chi connectivity index (χ1) is 15.7. The van der Waals surface area contributed by atoms with Gasteiger partial charge in [-0.1, -0.05) is 0 Å². The fourth-order valence-electron chi connectivity index (χ4n) is 3.57. The molecule has 3 aliphatic rings. The van der Waals surface area contributed by atoms with E-state index in [0.29, 0.717) is 5.56 Å². The molecule has 0 spiro atoms. The number of methoxy groups -OCH3 is 1. The molecule has 5 atom stereocenters. The van der Waals surface area contributed by atoms with E-state index in [-0.39, 0.29) is 52.5 Å². The zero-order valence-corrected chi connectivity index (χ0v) is 18.5. The lowest BCUT2D eigenvalue weighted by molar-refractivity contribution is -0.277. The number of rotatable bonds is 5. The number of fused-ring (bicyclic) bond motifs is 1. The summed E-state index contributed by atoms with van der Waals surface area (Å²) in [6.07, 6.45) is -7.69. The van der Waals surface area contributed by atoms with Gasteiger partial charge in [0.25, 0.3) is 0 Å². The first-order valence-electron chi connectivity index (χ1n) is 9.89. The second-order valence-corrected chi connectivity index (χ2v) is 7.50. The maximum Gasteiger partial charge on any atom is 0.229 e. The average Bonchev–Trinajstić information content (AvgIpc) is 2.79. The van der Waals surface area contributed by atoms with Crippen LogP contribution in [0.25, 0.3) is 22.6 Å². The van der Waals surface area contributed by atoms with Crippen LogP contribution in [0.3, 0.4) is 0 Å². The van der Waals surface area contributed by atoms with Gasteiger partial charge < -0.3 is 49.3 Å². The molecule has 2 aliphatic heterocycles. The van der Waals surface area contributed by atoms with Crippen LogP contribution in [0, 0.1) is 0 Å². The highest BCUT2D eigenvalue weighted by atomic mass is 35.5. The van der Waals surface area contributed by atoms with E-state index in [4.69, 9.17) is 18.6 Å². The van der Waals surface area contributed by atoms with Gasteiger partial charge in [0.05, 0.1) is 19.3 Å². The molecule has 0 unspecified atom stereocenters. The molecule has 2 heterocycles. The first kappa shape index (κ1) is 25.6. The highest BCUT2D eigenvalue weighted by Gasteiger charge is 2.45. The molecule has 0 saturated carbocycles. The van der Waals surface area contributed by atoms with Crippen LogP contribution in [-0.2, 0) is 4.74 Å². The number of benzene rings is 2. The molecule has 1 saturated heterocycles. The van der Waals surface area contributed by atoms with E-state index < -0.39 is 42.7 Å². The number of hydrogen-bond donors (Lipinski definition) is 6. The Labute approximate surface area is 198 Å². The number of halogens is 1. The van der Waals surface area contributed by atoms with E-state index >= 15 is 0 Å². The number of hydrogen-bond acceptors (Lipinski definition) is 11. The molecule has 6 N–H and O–H groups in total. The summed E-state index contributed by atoms with van der Waals surface area (Å²) in [6.45, 7) is -0.651. The number of phenolic OH excluding ortho intramolecular Hbond substituents is 2. The monoisotopic (exact) mass is 498 g/mol. The zero-order valence-electron chi connectivity index (χ0n) is 17.7. The molecule has 0 aromatic heterocycles. The zero-order chi connectivity index (χ0) is 23.9. The number of aliphatic hydroxyl groups is 4. The van der Waals surface area contributed by atoms with E-state index in [1.54, 1.807) is 0 Å². The number of ether oxygens (including phenoxy) is 3. The minimum atomic E-state index is -1.70. The van der Waals surface area contributed by atoms with Crippen LogP contribution in [0.15, 0.2) is 45.6 Å². The summed E-state index contributed by atoms with van der Waals surface area (Å²) in [6, 6.07) is 7.73. The van der Waals surface area contributed by atoms with Gasteiger partial charge in [-0.2, -0.15) is 0 Å². The quantitative estimate of drug-likeness (QED) is 0.287. The fourth-order valence-corrected chi connectivity index (χ4v) is 3.57. The van der Waals surface area contributed by atoms with Gasteiger partial charge in [-0.05, 0) is 24.3 Å². The molecule has 11 nitrogen and oxygen atoms in total. The molecular weight excluding hydrogens is 476 g/mol.